The van der Waals surface area contributed by atoms with Crippen LogP contribution < -0.4 is 10.1 Å². The fourth-order valence-corrected chi connectivity index (χ4v) is 1.86. The van der Waals surface area contributed by atoms with Gasteiger partial charge in [0.05, 0.1) is 19.0 Å². The van der Waals surface area contributed by atoms with Crippen LogP contribution in [0.4, 0.5) is 5.69 Å². The minimum atomic E-state index is 0.470. The van der Waals surface area contributed by atoms with Crippen molar-refractivity contribution < 1.29 is 4.74 Å². The van der Waals surface area contributed by atoms with Gasteiger partial charge in [0.2, 0.25) is 0 Å². The van der Waals surface area contributed by atoms with Crippen LogP contribution in [0.1, 0.15) is 45.2 Å². The Balaban J connectivity index is 2.57. The monoisotopic (exact) mass is 236 g/mol. The van der Waals surface area contributed by atoms with Gasteiger partial charge in [-0.25, -0.2) is 0 Å². The summed E-state index contributed by atoms with van der Waals surface area (Å²) in [6, 6.07) is 2.51. The zero-order valence-corrected chi connectivity index (χ0v) is 11.4. The van der Waals surface area contributed by atoms with Crippen LogP contribution in [-0.2, 0) is 0 Å². The molecule has 1 unspecified atom stereocenters. The third-order valence-corrected chi connectivity index (χ3v) is 2.87. The normalized spacial score (nSPS) is 12.2. The van der Waals surface area contributed by atoms with Crippen LogP contribution in [0.3, 0.4) is 0 Å². The summed E-state index contributed by atoms with van der Waals surface area (Å²) >= 11 is 0. The molecule has 3 nitrogen and oxygen atoms in total. The zero-order valence-electron chi connectivity index (χ0n) is 11.4. The second-order valence-electron chi connectivity index (χ2n) is 4.57. The summed E-state index contributed by atoms with van der Waals surface area (Å²) in [4.78, 5) is 4.23. The van der Waals surface area contributed by atoms with E-state index in [-0.39, 0.29) is 0 Å². The number of aromatic nitrogens is 1. The predicted molar refractivity (Wildman–Crippen MR) is 72.8 cm³/mol. The molecule has 1 aromatic rings. The van der Waals surface area contributed by atoms with Crippen molar-refractivity contribution in [3.05, 3.63) is 18.0 Å². The lowest BCUT2D eigenvalue weighted by atomic mass is 10.1. The van der Waals surface area contributed by atoms with Crippen molar-refractivity contribution in [1.29, 1.82) is 0 Å². The zero-order chi connectivity index (χ0) is 12.7. The van der Waals surface area contributed by atoms with Crippen molar-refractivity contribution in [3.63, 3.8) is 0 Å². The van der Waals surface area contributed by atoms with Gasteiger partial charge in [-0.05, 0) is 26.3 Å². The van der Waals surface area contributed by atoms with Crippen molar-refractivity contribution >= 4 is 5.69 Å². The number of hydrogen-bond acceptors (Lipinski definition) is 3. The highest BCUT2D eigenvalue weighted by Crippen LogP contribution is 2.24. The van der Waals surface area contributed by atoms with Crippen LogP contribution in [-0.4, -0.2) is 18.1 Å². The number of methoxy groups -OCH3 is 1. The molecule has 1 rings (SSSR count). The molecule has 0 fully saturated rings. The maximum atomic E-state index is 5.30. The van der Waals surface area contributed by atoms with E-state index in [1.54, 1.807) is 13.3 Å². The fraction of sp³-hybridized carbons (Fsp3) is 0.643. The van der Waals surface area contributed by atoms with Gasteiger partial charge in [-0.15, -0.1) is 0 Å². The van der Waals surface area contributed by atoms with Gasteiger partial charge in [-0.3, -0.25) is 4.98 Å². The van der Waals surface area contributed by atoms with Crippen LogP contribution in [0.5, 0.6) is 5.75 Å². The fourth-order valence-electron chi connectivity index (χ4n) is 1.86. The first-order valence-corrected chi connectivity index (χ1v) is 6.44. The van der Waals surface area contributed by atoms with Gasteiger partial charge in [-0.2, -0.15) is 0 Å². The lowest BCUT2D eigenvalue weighted by molar-refractivity contribution is 0.413. The maximum absolute atomic E-state index is 5.30. The lowest BCUT2D eigenvalue weighted by Gasteiger charge is -2.17. The van der Waals surface area contributed by atoms with E-state index in [0.717, 1.165) is 17.1 Å². The highest BCUT2D eigenvalue weighted by molar-refractivity contribution is 5.56. The quantitative estimate of drug-likeness (QED) is 0.732. The molecule has 0 radical (unpaired) electrons. The van der Waals surface area contributed by atoms with E-state index >= 15 is 0 Å². The largest absolute Gasteiger partial charge is 0.493 e. The standard InChI is InChI=1S/C14H24N2O/c1-5-6-7-8-11(2)16-13-9-12(3)15-10-14(13)17-4/h9-11H,5-8H2,1-4H3,(H,15,16). The average Bonchev–Trinajstić information content (AvgIpc) is 2.29. The summed E-state index contributed by atoms with van der Waals surface area (Å²) in [5, 5.41) is 3.50. The van der Waals surface area contributed by atoms with Gasteiger partial charge in [-0.1, -0.05) is 26.2 Å². The molecule has 1 heterocycles. The molecule has 0 aliphatic heterocycles. The summed E-state index contributed by atoms with van der Waals surface area (Å²) in [5.74, 6) is 0.818. The van der Waals surface area contributed by atoms with Crippen molar-refractivity contribution in [3.8, 4) is 5.75 Å². The first-order chi connectivity index (χ1) is 8.17. The molecular formula is C14H24N2O. The number of rotatable bonds is 7. The topological polar surface area (TPSA) is 34.2 Å². The first-order valence-electron chi connectivity index (χ1n) is 6.44. The SMILES string of the molecule is CCCCCC(C)Nc1cc(C)ncc1OC. The van der Waals surface area contributed by atoms with Gasteiger partial charge in [0.1, 0.15) is 0 Å². The average molecular weight is 236 g/mol. The molecule has 0 aliphatic carbocycles. The molecule has 0 amide bonds. The van der Waals surface area contributed by atoms with Gasteiger partial charge in [0.15, 0.2) is 5.75 Å². The number of pyridine rings is 1. The molecule has 0 aromatic carbocycles. The van der Waals surface area contributed by atoms with Gasteiger partial charge >= 0.3 is 0 Å². The molecule has 0 saturated heterocycles. The van der Waals surface area contributed by atoms with Crippen molar-refractivity contribution in [2.24, 2.45) is 0 Å². The van der Waals surface area contributed by atoms with E-state index in [4.69, 9.17) is 4.74 Å². The summed E-state index contributed by atoms with van der Waals surface area (Å²) in [6.45, 7) is 6.44. The van der Waals surface area contributed by atoms with Crippen LogP contribution in [0.15, 0.2) is 12.3 Å². The molecule has 1 aromatic heterocycles. The van der Waals surface area contributed by atoms with E-state index in [2.05, 4.69) is 24.1 Å². The van der Waals surface area contributed by atoms with E-state index in [0.29, 0.717) is 6.04 Å². The molecule has 96 valence electrons. The van der Waals surface area contributed by atoms with E-state index < -0.39 is 0 Å². The van der Waals surface area contributed by atoms with E-state index in [9.17, 15) is 0 Å². The van der Waals surface area contributed by atoms with E-state index in [1.807, 2.05) is 13.0 Å². The van der Waals surface area contributed by atoms with Crippen LogP contribution in [0.2, 0.25) is 0 Å². The Bertz CT molecular complexity index is 339. The van der Waals surface area contributed by atoms with Gasteiger partial charge < -0.3 is 10.1 Å². The van der Waals surface area contributed by atoms with Crippen molar-refractivity contribution in [1.82, 2.24) is 4.98 Å². The summed E-state index contributed by atoms with van der Waals surface area (Å²) in [7, 11) is 1.68. The summed E-state index contributed by atoms with van der Waals surface area (Å²) < 4.78 is 5.30. The number of nitrogens with zero attached hydrogens (tertiary/aromatic N) is 1. The van der Waals surface area contributed by atoms with Gasteiger partial charge in [0.25, 0.3) is 0 Å². The van der Waals surface area contributed by atoms with Crippen molar-refractivity contribution in [2.45, 2.75) is 52.5 Å². The number of nitrogens with one attached hydrogen (secondary N) is 1. The third-order valence-electron chi connectivity index (χ3n) is 2.87. The second-order valence-corrected chi connectivity index (χ2v) is 4.57. The maximum Gasteiger partial charge on any atom is 0.160 e. The van der Waals surface area contributed by atoms with Crippen LogP contribution >= 0.6 is 0 Å². The summed E-state index contributed by atoms with van der Waals surface area (Å²) in [6.07, 6.45) is 6.81. The highest BCUT2D eigenvalue weighted by atomic mass is 16.5. The minimum absolute atomic E-state index is 0.470. The first kappa shape index (κ1) is 13.8. The molecule has 0 saturated carbocycles. The Morgan fingerprint density at radius 3 is 2.82 bits per heavy atom. The Morgan fingerprint density at radius 1 is 1.41 bits per heavy atom. The number of anilines is 1. The number of unbranched alkanes of at least 4 members (excludes halogenated alkanes) is 2. The Morgan fingerprint density at radius 2 is 2.18 bits per heavy atom. The minimum Gasteiger partial charge on any atom is -0.493 e. The molecule has 1 N–H and O–H groups in total. The smallest absolute Gasteiger partial charge is 0.160 e. The predicted octanol–water partition coefficient (Wildman–Crippen LogP) is 3.78. The number of aryl methyl sites for hydroxylation is 1. The Hall–Kier alpha value is -1.25. The lowest BCUT2D eigenvalue weighted by Crippen LogP contribution is -2.15. The number of hydrogen-bond donors (Lipinski definition) is 1. The van der Waals surface area contributed by atoms with E-state index in [1.165, 1.54) is 25.7 Å². The molecule has 0 aliphatic rings. The third kappa shape index (κ3) is 4.63. The molecule has 0 spiro atoms. The number of ether oxygens (including phenoxy) is 1. The molecular weight excluding hydrogens is 212 g/mol. The molecule has 17 heavy (non-hydrogen) atoms. The molecule has 1 atom stereocenters. The van der Waals surface area contributed by atoms with Crippen LogP contribution in [0.25, 0.3) is 0 Å². The second kappa shape index (κ2) is 7.15. The van der Waals surface area contributed by atoms with Crippen LogP contribution in [0, 0.1) is 6.92 Å². The molecule has 3 heteroatoms. The Kier molecular flexibility index (Phi) is 5.81. The summed E-state index contributed by atoms with van der Waals surface area (Å²) in [5.41, 5.74) is 2.05. The molecule has 0 bridgehead atoms. The van der Waals surface area contributed by atoms with Gasteiger partial charge in [0, 0.05) is 11.7 Å². The Labute approximate surface area is 105 Å². The highest BCUT2D eigenvalue weighted by Gasteiger charge is 2.07. The van der Waals surface area contributed by atoms with Crippen molar-refractivity contribution in [2.75, 3.05) is 12.4 Å².